The fourth-order valence-corrected chi connectivity index (χ4v) is 4.07. The second-order valence-electron chi connectivity index (χ2n) is 7.80. The van der Waals surface area contributed by atoms with E-state index in [9.17, 15) is 14.7 Å². The van der Waals surface area contributed by atoms with Crippen LogP contribution in [0, 0.1) is 17.8 Å². The van der Waals surface area contributed by atoms with Crippen molar-refractivity contribution in [3.63, 3.8) is 0 Å². The number of carbonyl (C=O) groups excluding carboxylic acids is 1. The molecule has 2 unspecified atom stereocenters. The zero-order valence-corrected chi connectivity index (χ0v) is 15.9. The second kappa shape index (κ2) is 8.77. The Morgan fingerprint density at radius 3 is 2.59 bits per heavy atom. The summed E-state index contributed by atoms with van der Waals surface area (Å²) in [5, 5.41) is 12.5. The Balaban J connectivity index is 1.61. The highest BCUT2D eigenvalue weighted by Crippen LogP contribution is 2.25. The number of hydrogen-bond donors (Lipinski definition) is 4. The first-order chi connectivity index (χ1) is 12.9. The normalized spacial score (nSPS) is 31.6. The van der Waals surface area contributed by atoms with Gasteiger partial charge >= 0.3 is 5.97 Å². The van der Waals surface area contributed by atoms with E-state index in [1.807, 2.05) is 12.1 Å². The third-order valence-corrected chi connectivity index (χ3v) is 5.73. The molecule has 3 heterocycles. The van der Waals surface area contributed by atoms with Gasteiger partial charge in [0.15, 0.2) is 0 Å². The summed E-state index contributed by atoms with van der Waals surface area (Å²) in [6, 6.07) is 4.35. The zero-order chi connectivity index (χ0) is 19.4. The maximum atomic E-state index is 12.7. The van der Waals surface area contributed by atoms with Crippen molar-refractivity contribution < 1.29 is 14.7 Å². The van der Waals surface area contributed by atoms with Crippen LogP contribution in [0.4, 0.5) is 0 Å². The fourth-order valence-electron chi connectivity index (χ4n) is 4.07. The van der Waals surface area contributed by atoms with Gasteiger partial charge in [-0.15, -0.1) is 0 Å². The minimum atomic E-state index is -0.825. The number of amides is 1. The number of rotatable bonds is 6. The monoisotopic (exact) mass is 375 g/mol. The Labute approximate surface area is 159 Å². The number of piperidine rings is 1. The Kier molecular flexibility index (Phi) is 6.41. The van der Waals surface area contributed by atoms with E-state index in [1.165, 1.54) is 0 Å². The Bertz CT molecular complexity index is 646. The molecule has 0 radical (unpaired) electrons. The quantitative estimate of drug-likeness (QED) is 0.564. The molecule has 0 saturated carbocycles. The first kappa shape index (κ1) is 19.7. The van der Waals surface area contributed by atoms with E-state index in [-0.39, 0.29) is 11.8 Å². The van der Waals surface area contributed by atoms with Crippen molar-refractivity contribution >= 4 is 11.9 Å². The molecular formula is C19H29N5O3. The predicted molar refractivity (Wildman–Crippen MR) is 100 cm³/mol. The average Bonchev–Trinajstić information content (AvgIpc) is 2.98. The number of likely N-dealkylation sites (tertiary alicyclic amines) is 1. The summed E-state index contributed by atoms with van der Waals surface area (Å²) in [5.41, 5.74) is 7.40. The van der Waals surface area contributed by atoms with Gasteiger partial charge in [0.05, 0.1) is 11.8 Å². The molecule has 1 aromatic heterocycles. The number of carboxylic acids is 1. The van der Waals surface area contributed by atoms with Crippen molar-refractivity contribution in [2.24, 2.45) is 17.8 Å². The lowest BCUT2D eigenvalue weighted by Crippen LogP contribution is -2.50. The van der Waals surface area contributed by atoms with Gasteiger partial charge in [-0.2, -0.15) is 0 Å². The zero-order valence-electron chi connectivity index (χ0n) is 15.9. The molecule has 8 heteroatoms. The van der Waals surface area contributed by atoms with E-state index in [0.29, 0.717) is 44.1 Å². The first-order valence-corrected chi connectivity index (χ1v) is 9.57. The number of pyridine rings is 1. The summed E-state index contributed by atoms with van der Waals surface area (Å²) in [6.45, 7) is 6.52. The van der Waals surface area contributed by atoms with Gasteiger partial charge in [0.25, 0.3) is 0 Å². The van der Waals surface area contributed by atoms with Gasteiger partial charge in [-0.05, 0) is 31.9 Å². The SMILES string of the molecule is CC1NNC(C)C1CN1C[C@H](C(=O)O)C[C@H](C(=O)NCc2cccnc2)C1. The van der Waals surface area contributed by atoms with Crippen LogP contribution in [0.2, 0.25) is 0 Å². The number of aliphatic carboxylic acids is 1. The van der Waals surface area contributed by atoms with Crippen molar-refractivity contribution in [1.82, 2.24) is 26.1 Å². The van der Waals surface area contributed by atoms with Crippen molar-refractivity contribution in [3.8, 4) is 0 Å². The molecule has 27 heavy (non-hydrogen) atoms. The standard InChI is InChI=1S/C19H29N5O3/c1-12-17(13(2)23-22-12)11-24-9-15(6-16(10-24)19(26)27)18(25)21-8-14-4-3-5-20-7-14/h3-5,7,12-13,15-17,22-23H,6,8-11H2,1-2H3,(H,21,25)(H,26,27)/t12?,13?,15-,16+,17?/m0/s1. The van der Waals surface area contributed by atoms with Gasteiger partial charge in [-0.3, -0.25) is 25.4 Å². The number of nitrogens with zero attached hydrogens (tertiary/aromatic N) is 2. The molecule has 2 aliphatic rings. The molecule has 4 atom stereocenters. The molecule has 2 saturated heterocycles. The lowest BCUT2D eigenvalue weighted by Gasteiger charge is -2.37. The highest BCUT2D eigenvalue weighted by molar-refractivity contribution is 5.80. The molecule has 1 aromatic rings. The van der Waals surface area contributed by atoms with Crippen LogP contribution in [-0.4, -0.2) is 58.6 Å². The van der Waals surface area contributed by atoms with E-state index in [2.05, 4.69) is 39.9 Å². The molecule has 148 valence electrons. The molecule has 4 N–H and O–H groups in total. The van der Waals surface area contributed by atoms with E-state index < -0.39 is 11.9 Å². The number of carbonyl (C=O) groups is 2. The molecular weight excluding hydrogens is 346 g/mol. The minimum Gasteiger partial charge on any atom is -0.481 e. The summed E-state index contributed by atoms with van der Waals surface area (Å²) in [5.74, 6) is -1.37. The van der Waals surface area contributed by atoms with Crippen LogP contribution in [-0.2, 0) is 16.1 Å². The van der Waals surface area contributed by atoms with E-state index >= 15 is 0 Å². The minimum absolute atomic E-state index is 0.0847. The number of aromatic nitrogens is 1. The molecule has 0 aromatic carbocycles. The highest BCUT2D eigenvalue weighted by Gasteiger charge is 2.38. The number of hydrogen-bond acceptors (Lipinski definition) is 6. The molecule has 1 amide bonds. The first-order valence-electron chi connectivity index (χ1n) is 9.57. The van der Waals surface area contributed by atoms with Crippen LogP contribution in [0.25, 0.3) is 0 Å². The Morgan fingerprint density at radius 2 is 1.96 bits per heavy atom. The maximum Gasteiger partial charge on any atom is 0.307 e. The van der Waals surface area contributed by atoms with E-state index in [1.54, 1.807) is 12.4 Å². The summed E-state index contributed by atoms with van der Waals surface area (Å²) in [4.78, 5) is 30.5. The summed E-state index contributed by atoms with van der Waals surface area (Å²) in [6.07, 6.45) is 3.80. The Morgan fingerprint density at radius 1 is 1.26 bits per heavy atom. The number of hydrazine groups is 1. The van der Waals surface area contributed by atoms with Crippen LogP contribution in [0.3, 0.4) is 0 Å². The molecule has 0 bridgehead atoms. The lowest BCUT2D eigenvalue weighted by molar-refractivity contribution is -0.145. The van der Waals surface area contributed by atoms with Crippen molar-refractivity contribution in [1.29, 1.82) is 0 Å². The fraction of sp³-hybridized carbons (Fsp3) is 0.632. The van der Waals surface area contributed by atoms with Gasteiger partial charge in [0.2, 0.25) is 5.91 Å². The summed E-state index contributed by atoms with van der Waals surface area (Å²) >= 11 is 0. The number of carboxylic acid groups (broad SMARTS) is 1. The third kappa shape index (κ3) is 5.03. The molecule has 0 spiro atoms. The largest absolute Gasteiger partial charge is 0.481 e. The van der Waals surface area contributed by atoms with Crippen LogP contribution in [0.15, 0.2) is 24.5 Å². The van der Waals surface area contributed by atoms with Crippen molar-refractivity contribution in [2.45, 2.75) is 38.9 Å². The van der Waals surface area contributed by atoms with Crippen LogP contribution < -0.4 is 16.2 Å². The van der Waals surface area contributed by atoms with Crippen LogP contribution in [0.1, 0.15) is 25.8 Å². The topological polar surface area (TPSA) is 107 Å². The second-order valence-corrected chi connectivity index (χ2v) is 7.80. The van der Waals surface area contributed by atoms with Gasteiger partial charge < -0.3 is 15.3 Å². The van der Waals surface area contributed by atoms with Crippen molar-refractivity contribution in [2.75, 3.05) is 19.6 Å². The molecule has 0 aliphatic carbocycles. The van der Waals surface area contributed by atoms with E-state index in [4.69, 9.17) is 0 Å². The van der Waals surface area contributed by atoms with Crippen molar-refractivity contribution in [3.05, 3.63) is 30.1 Å². The summed E-state index contributed by atoms with van der Waals surface area (Å²) < 4.78 is 0. The molecule has 2 aliphatic heterocycles. The van der Waals surface area contributed by atoms with Crippen LogP contribution >= 0.6 is 0 Å². The van der Waals surface area contributed by atoms with Gasteiger partial charge in [0, 0.05) is 56.6 Å². The van der Waals surface area contributed by atoms with Gasteiger partial charge in [-0.25, -0.2) is 0 Å². The predicted octanol–water partition coefficient (Wildman–Crippen LogP) is 0.222. The highest BCUT2D eigenvalue weighted by atomic mass is 16.4. The molecule has 2 fully saturated rings. The lowest BCUT2D eigenvalue weighted by atomic mass is 9.86. The Hall–Kier alpha value is -2.03. The maximum absolute atomic E-state index is 12.7. The van der Waals surface area contributed by atoms with Gasteiger partial charge in [-0.1, -0.05) is 6.07 Å². The molecule has 3 rings (SSSR count). The third-order valence-electron chi connectivity index (χ3n) is 5.73. The van der Waals surface area contributed by atoms with Gasteiger partial charge in [0.1, 0.15) is 0 Å². The average molecular weight is 375 g/mol. The number of nitrogens with one attached hydrogen (secondary N) is 3. The molecule has 8 nitrogen and oxygen atoms in total. The smallest absolute Gasteiger partial charge is 0.307 e. The van der Waals surface area contributed by atoms with Crippen LogP contribution in [0.5, 0.6) is 0 Å². The summed E-state index contributed by atoms with van der Waals surface area (Å²) in [7, 11) is 0. The van der Waals surface area contributed by atoms with E-state index in [0.717, 1.165) is 12.1 Å².